The molecule has 0 aliphatic heterocycles. The molecule has 1 saturated carbocycles. The summed E-state index contributed by atoms with van der Waals surface area (Å²) in [5, 5.41) is 29.8. The van der Waals surface area contributed by atoms with Crippen LogP contribution < -0.4 is 5.32 Å². The van der Waals surface area contributed by atoms with Gasteiger partial charge >= 0.3 is 0 Å². The molecular formula is C16H16N6O2S. The highest BCUT2D eigenvalue weighted by molar-refractivity contribution is 7.14. The highest BCUT2D eigenvalue weighted by atomic mass is 32.1. The molecule has 0 saturated heterocycles. The van der Waals surface area contributed by atoms with Gasteiger partial charge in [-0.2, -0.15) is 0 Å². The van der Waals surface area contributed by atoms with Gasteiger partial charge in [0.25, 0.3) is 5.91 Å². The molecule has 0 spiro atoms. The maximum Gasteiger partial charge on any atom is 0.273 e. The molecule has 1 aliphatic rings. The normalized spacial score (nSPS) is 15.1. The summed E-state index contributed by atoms with van der Waals surface area (Å²) in [4.78, 5) is 12.2. The number of carbonyl (C=O) groups is 1. The Hall–Kier alpha value is -2.65. The number of aromatic nitrogens is 5. The van der Waals surface area contributed by atoms with Crippen LogP contribution in [0.25, 0.3) is 10.6 Å². The molecule has 2 N–H and O–H groups in total. The monoisotopic (exact) mass is 356 g/mol. The van der Waals surface area contributed by atoms with Gasteiger partial charge in [-0.1, -0.05) is 46.9 Å². The van der Waals surface area contributed by atoms with Crippen molar-refractivity contribution in [1.82, 2.24) is 30.5 Å². The van der Waals surface area contributed by atoms with Crippen molar-refractivity contribution in [1.29, 1.82) is 0 Å². The lowest BCUT2D eigenvalue weighted by atomic mass is 10.2. The zero-order valence-electron chi connectivity index (χ0n) is 13.3. The third kappa shape index (κ3) is 3.15. The van der Waals surface area contributed by atoms with Crippen LogP contribution in [0, 0.1) is 0 Å². The van der Waals surface area contributed by atoms with Crippen molar-refractivity contribution in [2.45, 2.75) is 24.9 Å². The maximum absolute atomic E-state index is 12.2. The summed E-state index contributed by atoms with van der Waals surface area (Å²) < 4.78 is 1.58. The Morgan fingerprint density at radius 1 is 1.24 bits per heavy atom. The number of hydrogen-bond donors (Lipinski definition) is 2. The summed E-state index contributed by atoms with van der Waals surface area (Å²) >= 11 is 1.43. The van der Waals surface area contributed by atoms with Crippen LogP contribution in [0.2, 0.25) is 0 Å². The van der Waals surface area contributed by atoms with Crippen molar-refractivity contribution in [3.63, 3.8) is 0 Å². The van der Waals surface area contributed by atoms with Crippen molar-refractivity contribution in [3.05, 3.63) is 47.2 Å². The molecule has 128 valence electrons. The first-order chi connectivity index (χ1) is 12.2. The quantitative estimate of drug-likeness (QED) is 0.688. The Balaban J connectivity index is 1.39. The number of carbonyl (C=O) groups excluding carboxylic acids is 1. The zero-order valence-corrected chi connectivity index (χ0v) is 14.1. The molecule has 2 aromatic heterocycles. The van der Waals surface area contributed by atoms with Crippen LogP contribution in [0.3, 0.4) is 0 Å². The molecule has 1 amide bonds. The highest BCUT2D eigenvalue weighted by Gasteiger charge is 2.45. The second-order valence-electron chi connectivity index (χ2n) is 5.98. The van der Waals surface area contributed by atoms with E-state index < -0.39 is 0 Å². The molecule has 1 fully saturated rings. The van der Waals surface area contributed by atoms with Gasteiger partial charge in [0.2, 0.25) is 0 Å². The molecule has 0 unspecified atom stereocenters. The predicted molar refractivity (Wildman–Crippen MR) is 90.8 cm³/mol. The van der Waals surface area contributed by atoms with E-state index in [0.717, 1.165) is 23.4 Å². The second-order valence-corrected chi connectivity index (χ2v) is 7.04. The first-order valence-electron chi connectivity index (χ1n) is 7.90. The molecule has 0 bridgehead atoms. The fourth-order valence-corrected chi connectivity index (χ4v) is 3.26. The van der Waals surface area contributed by atoms with E-state index >= 15 is 0 Å². The number of nitrogens with one attached hydrogen (secondary N) is 1. The van der Waals surface area contributed by atoms with Crippen LogP contribution in [0.1, 0.15) is 28.3 Å². The van der Waals surface area contributed by atoms with E-state index in [0.29, 0.717) is 5.01 Å². The highest BCUT2D eigenvalue weighted by Crippen LogP contribution is 2.42. The minimum Gasteiger partial charge on any atom is -0.394 e. The maximum atomic E-state index is 12.2. The number of rotatable bonds is 6. The summed E-state index contributed by atoms with van der Waals surface area (Å²) in [6, 6.07) is 9.77. The van der Waals surface area contributed by atoms with Gasteiger partial charge in [0.05, 0.1) is 24.9 Å². The van der Waals surface area contributed by atoms with E-state index in [4.69, 9.17) is 0 Å². The minimum absolute atomic E-state index is 0.00443. The van der Waals surface area contributed by atoms with Crippen LogP contribution in [-0.4, -0.2) is 42.8 Å². The van der Waals surface area contributed by atoms with Crippen molar-refractivity contribution in [3.8, 4) is 10.6 Å². The minimum atomic E-state index is -0.366. The topological polar surface area (TPSA) is 106 Å². The average molecular weight is 356 g/mol. The SMILES string of the molecule is O=C(NCc1nnc(-c2ccccc2)s1)c1cn(C2(CO)CC2)nn1. The van der Waals surface area contributed by atoms with Crippen molar-refractivity contribution >= 4 is 17.2 Å². The fraction of sp³-hybridized carbons (Fsp3) is 0.312. The number of benzene rings is 1. The van der Waals surface area contributed by atoms with Crippen LogP contribution in [0.5, 0.6) is 0 Å². The second kappa shape index (κ2) is 6.34. The summed E-state index contributed by atoms with van der Waals surface area (Å²) in [5.74, 6) is -0.323. The molecule has 4 rings (SSSR count). The van der Waals surface area contributed by atoms with E-state index in [1.165, 1.54) is 11.3 Å². The molecule has 8 nitrogen and oxygen atoms in total. The first-order valence-corrected chi connectivity index (χ1v) is 8.71. The van der Waals surface area contributed by atoms with Gasteiger partial charge < -0.3 is 10.4 Å². The Morgan fingerprint density at radius 2 is 2.04 bits per heavy atom. The molecule has 3 aromatic rings. The zero-order chi connectivity index (χ0) is 17.3. The molecule has 9 heteroatoms. The Morgan fingerprint density at radius 3 is 2.76 bits per heavy atom. The van der Waals surface area contributed by atoms with Gasteiger partial charge in [-0.3, -0.25) is 4.79 Å². The lowest BCUT2D eigenvalue weighted by molar-refractivity contribution is 0.0945. The van der Waals surface area contributed by atoms with E-state index in [9.17, 15) is 9.90 Å². The Labute approximate surface area is 147 Å². The van der Waals surface area contributed by atoms with Gasteiger partial charge in [0, 0.05) is 5.56 Å². The van der Waals surface area contributed by atoms with Crippen molar-refractivity contribution in [2.75, 3.05) is 6.61 Å². The van der Waals surface area contributed by atoms with Crippen LogP contribution >= 0.6 is 11.3 Å². The van der Waals surface area contributed by atoms with Gasteiger partial charge in [-0.25, -0.2) is 4.68 Å². The Bertz CT molecular complexity index is 887. The van der Waals surface area contributed by atoms with Gasteiger partial charge in [-0.15, -0.1) is 15.3 Å². The lowest BCUT2D eigenvalue weighted by Gasteiger charge is -2.09. The summed E-state index contributed by atoms with van der Waals surface area (Å²) in [6.07, 6.45) is 3.27. The van der Waals surface area contributed by atoms with Crippen LogP contribution in [0.15, 0.2) is 36.5 Å². The number of amides is 1. The number of hydrogen-bond acceptors (Lipinski definition) is 7. The summed E-state index contributed by atoms with van der Waals surface area (Å²) in [6.45, 7) is 0.284. The fourth-order valence-electron chi connectivity index (χ4n) is 2.47. The Kier molecular flexibility index (Phi) is 4.02. The van der Waals surface area contributed by atoms with Crippen molar-refractivity contribution in [2.24, 2.45) is 0 Å². The van der Waals surface area contributed by atoms with Crippen molar-refractivity contribution < 1.29 is 9.90 Å². The molecule has 2 heterocycles. The summed E-state index contributed by atoms with van der Waals surface area (Å²) in [7, 11) is 0. The third-order valence-electron chi connectivity index (χ3n) is 4.22. The van der Waals surface area contributed by atoms with E-state index in [1.807, 2.05) is 30.3 Å². The lowest BCUT2D eigenvalue weighted by Crippen LogP contribution is -2.24. The van der Waals surface area contributed by atoms with E-state index in [1.54, 1.807) is 10.9 Å². The van der Waals surface area contributed by atoms with Gasteiger partial charge in [0.15, 0.2) is 5.69 Å². The molecule has 1 aromatic carbocycles. The average Bonchev–Trinajstić information content (AvgIpc) is 3.08. The smallest absolute Gasteiger partial charge is 0.273 e. The number of aliphatic hydroxyl groups is 1. The molecule has 25 heavy (non-hydrogen) atoms. The largest absolute Gasteiger partial charge is 0.394 e. The molecule has 1 aliphatic carbocycles. The van der Waals surface area contributed by atoms with E-state index in [2.05, 4.69) is 25.8 Å². The van der Waals surface area contributed by atoms with Gasteiger partial charge in [0.1, 0.15) is 10.0 Å². The third-order valence-corrected chi connectivity index (χ3v) is 5.19. The van der Waals surface area contributed by atoms with Gasteiger partial charge in [-0.05, 0) is 12.8 Å². The molecule has 0 atom stereocenters. The first kappa shape index (κ1) is 15.9. The number of nitrogens with zero attached hydrogens (tertiary/aromatic N) is 5. The predicted octanol–water partition coefficient (Wildman–Crippen LogP) is 1.21. The molecule has 0 radical (unpaired) electrons. The molecular weight excluding hydrogens is 340 g/mol. The van der Waals surface area contributed by atoms with E-state index in [-0.39, 0.29) is 30.3 Å². The van der Waals surface area contributed by atoms with Crippen LogP contribution in [-0.2, 0) is 12.1 Å². The van der Waals surface area contributed by atoms with Crippen LogP contribution in [0.4, 0.5) is 0 Å². The number of aliphatic hydroxyl groups excluding tert-OH is 1. The summed E-state index contributed by atoms with van der Waals surface area (Å²) in [5.41, 5.74) is 0.863. The standard InChI is InChI=1S/C16H16N6O2S/c23-10-16(6-7-16)22-9-12(18-21-22)14(24)17-8-13-19-20-15(25-13)11-4-2-1-3-5-11/h1-5,9,23H,6-8,10H2,(H,17,24).